The average Bonchev–Trinajstić information content (AvgIpc) is 3.29. The second-order valence-electron chi connectivity index (χ2n) is 9.25. The van der Waals surface area contributed by atoms with Crippen LogP contribution >= 0.6 is 0 Å². The number of rotatable bonds is 5. The Morgan fingerprint density at radius 3 is 2.65 bits per heavy atom. The third kappa shape index (κ3) is 4.30. The fourth-order valence-corrected chi connectivity index (χ4v) is 4.73. The van der Waals surface area contributed by atoms with Crippen LogP contribution < -0.4 is 9.80 Å². The standard InChI is InChI=1S/C24H30N6O4/c1-24(2)16-29(21-4-7-25-20(27-21)5-12-31)8-9-30(24)23(32)19-15-17-18(34-19)3-6-26-22(17)28-10-13-33-14-11-28/h3-4,6-7,15,31H,5,8-14,16H2,1-2H3. The van der Waals surface area contributed by atoms with Crippen molar-refractivity contribution in [3.8, 4) is 0 Å². The highest BCUT2D eigenvalue weighted by atomic mass is 16.5. The van der Waals surface area contributed by atoms with Crippen LogP contribution in [0.2, 0.25) is 0 Å². The third-order valence-electron chi connectivity index (χ3n) is 6.44. The number of furan rings is 1. The first-order chi connectivity index (χ1) is 16.5. The second kappa shape index (κ2) is 9.19. The van der Waals surface area contributed by atoms with Gasteiger partial charge in [-0.25, -0.2) is 15.0 Å². The Morgan fingerprint density at radius 2 is 1.88 bits per heavy atom. The van der Waals surface area contributed by atoms with Gasteiger partial charge in [-0.2, -0.15) is 0 Å². The van der Waals surface area contributed by atoms with Crippen LogP contribution in [-0.2, 0) is 11.2 Å². The van der Waals surface area contributed by atoms with Crippen LogP contribution in [0.15, 0.2) is 35.0 Å². The quantitative estimate of drug-likeness (QED) is 0.601. The molecule has 180 valence electrons. The number of piperazine rings is 1. The van der Waals surface area contributed by atoms with Gasteiger partial charge in [-0.15, -0.1) is 0 Å². The number of morpholine rings is 1. The second-order valence-corrected chi connectivity index (χ2v) is 9.25. The monoisotopic (exact) mass is 466 g/mol. The topological polar surface area (TPSA) is 108 Å². The van der Waals surface area contributed by atoms with Crippen molar-refractivity contribution in [1.82, 2.24) is 19.9 Å². The lowest BCUT2D eigenvalue weighted by Crippen LogP contribution is -2.61. The van der Waals surface area contributed by atoms with Gasteiger partial charge in [0.25, 0.3) is 5.91 Å². The zero-order valence-electron chi connectivity index (χ0n) is 19.6. The number of carbonyl (C=O) groups is 1. The number of aromatic nitrogens is 3. The molecule has 2 aliphatic rings. The number of hydrogen-bond acceptors (Lipinski definition) is 9. The number of carbonyl (C=O) groups excluding carboxylic acids is 1. The molecule has 34 heavy (non-hydrogen) atoms. The third-order valence-corrected chi connectivity index (χ3v) is 6.44. The lowest BCUT2D eigenvalue weighted by molar-refractivity contribution is 0.0483. The minimum absolute atomic E-state index is 0.0114. The molecule has 2 saturated heterocycles. The van der Waals surface area contributed by atoms with Crippen molar-refractivity contribution in [3.05, 3.63) is 42.2 Å². The Morgan fingerprint density at radius 1 is 1.09 bits per heavy atom. The van der Waals surface area contributed by atoms with Gasteiger partial charge in [0, 0.05) is 57.6 Å². The predicted molar refractivity (Wildman–Crippen MR) is 127 cm³/mol. The number of amides is 1. The van der Waals surface area contributed by atoms with Crippen molar-refractivity contribution in [3.63, 3.8) is 0 Å². The number of nitrogens with zero attached hydrogens (tertiary/aromatic N) is 6. The molecule has 0 radical (unpaired) electrons. The molecule has 1 amide bonds. The molecule has 1 N–H and O–H groups in total. The van der Waals surface area contributed by atoms with Gasteiger partial charge in [0.15, 0.2) is 5.76 Å². The Bertz CT molecular complexity index is 1170. The number of ether oxygens (including phenoxy) is 1. The van der Waals surface area contributed by atoms with Crippen molar-refractivity contribution >= 4 is 28.5 Å². The molecule has 0 unspecified atom stereocenters. The minimum Gasteiger partial charge on any atom is -0.451 e. The van der Waals surface area contributed by atoms with E-state index in [0.717, 1.165) is 30.1 Å². The van der Waals surface area contributed by atoms with E-state index in [1.807, 2.05) is 17.0 Å². The van der Waals surface area contributed by atoms with Crippen molar-refractivity contribution < 1.29 is 19.1 Å². The number of anilines is 2. The number of pyridine rings is 1. The zero-order valence-corrected chi connectivity index (χ0v) is 19.6. The van der Waals surface area contributed by atoms with Gasteiger partial charge >= 0.3 is 0 Å². The van der Waals surface area contributed by atoms with E-state index in [0.29, 0.717) is 56.4 Å². The van der Waals surface area contributed by atoms with E-state index in [1.165, 1.54) is 0 Å². The van der Waals surface area contributed by atoms with E-state index >= 15 is 0 Å². The molecule has 0 bridgehead atoms. The van der Waals surface area contributed by atoms with Crippen molar-refractivity contribution in [2.24, 2.45) is 0 Å². The predicted octanol–water partition coefficient (Wildman–Crippen LogP) is 1.73. The van der Waals surface area contributed by atoms with Crippen LogP contribution in [0.5, 0.6) is 0 Å². The summed E-state index contributed by atoms with van der Waals surface area (Å²) >= 11 is 0. The van der Waals surface area contributed by atoms with Crippen LogP contribution in [0.1, 0.15) is 30.2 Å². The van der Waals surface area contributed by atoms with Crippen molar-refractivity contribution in [2.75, 3.05) is 62.3 Å². The van der Waals surface area contributed by atoms with E-state index < -0.39 is 5.54 Å². The maximum atomic E-state index is 13.6. The van der Waals surface area contributed by atoms with Crippen molar-refractivity contribution in [2.45, 2.75) is 25.8 Å². The van der Waals surface area contributed by atoms with E-state index in [9.17, 15) is 9.90 Å². The maximum Gasteiger partial charge on any atom is 0.290 e. The van der Waals surface area contributed by atoms with Crippen LogP contribution in [0.3, 0.4) is 0 Å². The molecular weight excluding hydrogens is 436 g/mol. The fourth-order valence-electron chi connectivity index (χ4n) is 4.73. The van der Waals surface area contributed by atoms with Crippen LogP contribution in [0, 0.1) is 0 Å². The molecular formula is C24H30N6O4. The molecule has 0 aliphatic carbocycles. The first-order valence-electron chi connectivity index (χ1n) is 11.7. The summed E-state index contributed by atoms with van der Waals surface area (Å²) in [5.41, 5.74) is 0.218. The molecule has 2 fully saturated rings. The summed E-state index contributed by atoms with van der Waals surface area (Å²) in [4.78, 5) is 33.1. The summed E-state index contributed by atoms with van der Waals surface area (Å²) < 4.78 is 11.5. The normalized spacial score (nSPS) is 18.5. The molecule has 5 rings (SSSR count). The highest BCUT2D eigenvalue weighted by molar-refractivity contribution is 5.99. The first kappa shape index (κ1) is 22.5. The van der Waals surface area contributed by atoms with Gasteiger partial charge in [0.2, 0.25) is 0 Å². The average molecular weight is 467 g/mol. The zero-order chi connectivity index (χ0) is 23.7. The van der Waals surface area contributed by atoms with E-state index in [4.69, 9.17) is 9.15 Å². The molecule has 5 heterocycles. The molecule has 0 saturated carbocycles. The van der Waals surface area contributed by atoms with Crippen LogP contribution in [0.4, 0.5) is 11.6 Å². The largest absolute Gasteiger partial charge is 0.451 e. The first-order valence-corrected chi connectivity index (χ1v) is 11.7. The molecule has 0 aromatic carbocycles. The van der Waals surface area contributed by atoms with Gasteiger partial charge in [-0.1, -0.05) is 0 Å². The summed E-state index contributed by atoms with van der Waals surface area (Å²) in [5, 5.41) is 10.0. The van der Waals surface area contributed by atoms with Gasteiger partial charge in [-0.05, 0) is 26.0 Å². The number of hydrogen-bond donors (Lipinski definition) is 1. The molecule has 10 heteroatoms. The summed E-state index contributed by atoms with van der Waals surface area (Å²) in [6, 6.07) is 5.50. The summed E-state index contributed by atoms with van der Waals surface area (Å²) in [6.07, 6.45) is 3.86. The lowest BCUT2D eigenvalue weighted by atomic mass is 9.98. The molecule has 0 atom stereocenters. The smallest absolute Gasteiger partial charge is 0.290 e. The summed E-state index contributed by atoms with van der Waals surface area (Å²) in [7, 11) is 0. The van der Waals surface area contributed by atoms with Crippen LogP contribution in [-0.4, -0.2) is 88.9 Å². The van der Waals surface area contributed by atoms with Crippen LogP contribution in [0.25, 0.3) is 11.0 Å². The fraction of sp³-hybridized carbons (Fsp3) is 0.500. The number of fused-ring (bicyclic) bond motifs is 1. The molecule has 3 aromatic heterocycles. The van der Waals surface area contributed by atoms with E-state index in [-0.39, 0.29) is 12.5 Å². The Labute approximate surface area is 198 Å². The highest BCUT2D eigenvalue weighted by Gasteiger charge is 2.39. The highest BCUT2D eigenvalue weighted by Crippen LogP contribution is 2.31. The van der Waals surface area contributed by atoms with Gasteiger partial charge in [0.05, 0.1) is 30.7 Å². The molecule has 3 aromatic rings. The Balaban J connectivity index is 1.36. The SMILES string of the molecule is CC1(C)CN(c2ccnc(CCO)n2)CCN1C(=O)c1cc2c(N3CCOCC3)nccc2o1. The van der Waals surface area contributed by atoms with E-state index in [2.05, 4.69) is 38.6 Å². The summed E-state index contributed by atoms with van der Waals surface area (Å²) in [5.74, 6) is 2.45. The van der Waals surface area contributed by atoms with Gasteiger partial charge < -0.3 is 29.0 Å². The number of aliphatic hydroxyl groups is 1. The molecule has 2 aliphatic heterocycles. The Hall–Kier alpha value is -3.24. The minimum atomic E-state index is -0.443. The Kier molecular flexibility index (Phi) is 6.09. The number of aliphatic hydroxyl groups excluding tert-OH is 1. The van der Waals surface area contributed by atoms with Crippen molar-refractivity contribution in [1.29, 1.82) is 0 Å². The maximum absolute atomic E-state index is 13.6. The summed E-state index contributed by atoms with van der Waals surface area (Å²) in [6.45, 7) is 8.76. The van der Waals surface area contributed by atoms with Gasteiger partial charge in [0.1, 0.15) is 23.0 Å². The lowest BCUT2D eigenvalue weighted by Gasteiger charge is -2.47. The molecule has 10 nitrogen and oxygen atoms in total. The van der Waals surface area contributed by atoms with Gasteiger partial charge in [-0.3, -0.25) is 4.79 Å². The molecule has 0 spiro atoms. The van der Waals surface area contributed by atoms with E-state index in [1.54, 1.807) is 18.5 Å².